The Morgan fingerprint density at radius 1 is 1.45 bits per heavy atom. The molecule has 3 N–H and O–H groups in total. The first kappa shape index (κ1) is 13.4. The number of aliphatic hydroxyl groups excluding tert-OH is 1. The van der Waals surface area contributed by atoms with Crippen molar-refractivity contribution in [2.45, 2.75) is 24.7 Å². The van der Waals surface area contributed by atoms with Crippen LogP contribution in [-0.4, -0.2) is 23.3 Å². The molecule has 0 saturated carbocycles. The fourth-order valence-electron chi connectivity index (χ4n) is 0.581. The van der Waals surface area contributed by atoms with Crippen molar-refractivity contribution < 1.29 is 5.11 Å². The van der Waals surface area contributed by atoms with Crippen molar-refractivity contribution in [2.75, 3.05) is 12.8 Å². The van der Waals surface area contributed by atoms with Crippen LogP contribution in [0.1, 0.15) is 19.3 Å². The van der Waals surface area contributed by atoms with Crippen molar-refractivity contribution >= 4 is 11.8 Å². The smallest absolute Gasteiger partial charge is 0.0990 e. The Labute approximate surface area is 73.6 Å². The van der Waals surface area contributed by atoms with E-state index in [-0.39, 0.29) is 5.44 Å². The van der Waals surface area contributed by atoms with E-state index in [1.165, 1.54) is 11.8 Å². The maximum absolute atomic E-state index is 9.01. The van der Waals surface area contributed by atoms with Crippen molar-refractivity contribution in [3.05, 3.63) is 0 Å². The van der Waals surface area contributed by atoms with E-state index in [2.05, 4.69) is 12.8 Å². The lowest BCUT2D eigenvalue weighted by atomic mass is 10.2. The SMILES string of the molecule is C#C.CS[C@@H](O)CCCCN. The van der Waals surface area contributed by atoms with Gasteiger partial charge >= 0.3 is 0 Å². The lowest BCUT2D eigenvalue weighted by Gasteiger charge is -2.04. The second kappa shape index (κ2) is 12.5. The van der Waals surface area contributed by atoms with Crippen LogP contribution in [0, 0.1) is 12.8 Å². The average molecular weight is 175 g/mol. The minimum absolute atomic E-state index is 0.184. The van der Waals surface area contributed by atoms with Crippen LogP contribution < -0.4 is 5.73 Å². The van der Waals surface area contributed by atoms with Crippen LogP contribution in [-0.2, 0) is 0 Å². The van der Waals surface area contributed by atoms with Crippen LogP contribution in [0.5, 0.6) is 0 Å². The molecule has 1 atom stereocenters. The Morgan fingerprint density at radius 2 is 2.00 bits per heavy atom. The predicted molar refractivity (Wildman–Crippen MR) is 52.3 cm³/mol. The first-order valence-electron chi connectivity index (χ1n) is 3.55. The summed E-state index contributed by atoms with van der Waals surface area (Å²) in [5.74, 6) is 0. The topological polar surface area (TPSA) is 46.2 Å². The molecule has 0 aromatic heterocycles. The number of aliphatic hydroxyl groups is 1. The van der Waals surface area contributed by atoms with Crippen LogP contribution in [0.15, 0.2) is 0 Å². The van der Waals surface area contributed by atoms with E-state index in [9.17, 15) is 0 Å². The van der Waals surface area contributed by atoms with Gasteiger partial charge in [0.15, 0.2) is 0 Å². The monoisotopic (exact) mass is 175 g/mol. The Bertz CT molecular complexity index is 85.4. The third kappa shape index (κ3) is 12.9. The van der Waals surface area contributed by atoms with Gasteiger partial charge in [-0.05, 0) is 32.1 Å². The molecule has 66 valence electrons. The normalized spacial score (nSPS) is 11.4. The van der Waals surface area contributed by atoms with Gasteiger partial charge in [-0.2, -0.15) is 0 Å². The van der Waals surface area contributed by atoms with Gasteiger partial charge in [-0.1, -0.05) is 0 Å². The summed E-state index contributed by atoms with van der Waals surface area (Å²) in [7, 11) is 0. The second-order valence-electron chi connectivity index (χ2n) is 1.97. The number of nitrogens with two attached hydrogens (primary N) is 1. The number of hydrogen-bond acceptors (Lipinski definition) is 3. The van der Waals surface area contributed by atoms with Crippen LogP contribution in [0.25, 0.3) is 0 Å². The molecule has 11 heavy (non-hydrogen) atoms. The van der Waals surface area contributed by atoms with E-state index >= 15 is 0 Å². The molecule has 2 nitrogen and oxygen atoms in total. The molecule has 0 heterocycles. The lowest BCUT2D eigenvalue weighted by Crippen LogP contribution is -2.03. The fraction of sp³-hybridized carbons (Fsp3) is 0.750. The zero-order chi connectivity index (χ0) is 9.11. The maximum atomic E-state index is 9.01. The first-order valence-corrected chi connectivity index (χ1v) is 4.84. The molecule has 0 amide bonds. The lowest BCUT2D eigenvalue weighted by molar-refractivity contribution is 0.249. The van der Waals surface area contributed by atoms with Gasteiger partial charge in [-0.3, -0.25) is 0 Å². The zero-order valence-electron chi connectivity index (χ0n) is 6.99. The standard InChI is InChI=1S/C6H15NOS.C2H2/c1-9-6(8)4-2-3-5-7;1-2/h6,8H,2-5,7H2,1H3;1-2H/t6-;/m1./s1. The Balaban J connectivity index is 0. The fourth-order valence-corrected chi connectivity index (χ4v) is 0.984. The van der Waals surface area contributed by atoms with Gasteiger partial charge in [0.05, 0.1) is 5.44 Å². The van der Waals surface area contributed by atoms with Crippen molar-refractivity contribution in [1.29, 1.82) is 0 Å². The molecule has 0 aromatic carbocycles. The first-order chi connectivity index (χ1) is 5.31. The van der Waals surface area contributed by atoms with Crippen molar-refractivity contribution in [3.63, 3.8) is 0 Å². The van der Waals surface area contributed by atoms with E-state index in [1.54, 1.807) is 0 Å². The molecule has 0 unspecified atom stereocenters. The molecule has 3 heteroatoms. The molecule has 0 spiro atoms. The number of hydrogen-bond donors (Lipinski definition) is 2. The third-order valence-corrected chi connectivity index (χ3v) is 1.96. The van der Waals surface area contributed by atoms with Gasteiger partial charge in [-0.25, -0.2) is 0 Å². The van der Waals surface area contributed by atoms with Crippen molar-refractivity contribution in [2.24, 2.45) is 5.73 Å². The molecule has 0 aliphatic carbocycles. The number of rotatable bonds is 5. The Morgan fingerprint density at radius 3 is 2.36 bits per heavy atom. The molecule has 0 fully saturated rings. The average Bonchev–Trinajstić information content (AvgIpc) is 2.08. The molecule has 0 aliphatic heterocycles. The van der Waals surface area contributed by atoms with Crippen LogP contribution in [0.4, 0.5) is 0 Å². The molecule has 0 saturated heterocycles. The highest BCUT2D eigenvalue weighted by molar-refractivity contribution is 7.99. The quantitative estimate of drug-likeness (QED) is 0.373. The Kier molecular flexibility index (Phi) is 15.3. The van der Waals surface area contributed by atoms with E-state index in [4.69, 9.17) is 10.8 Å². The highest BCUT2D eigenvalue weighted by Crippen LogP contribution is 2.09. The summed E-state index contributed by atoms with van der Waals surface area (Å²) in [6.07, 6.45) is 12.8. The highest BCUT2D eigenvalue weighted by atomic mass is 32.2. The van der Waals surface area contributed by atoms with E-state index < -0.39 is 0 Å². The number of unbranched alkanes of at least 4 members (excludes halogenated alkanes) is 1. The minimum Gasteiger partial charge on any atom is -0.382 e. The van der Waals surface area contributed by atoms with Crippen LogP contribution in [0.2, 0.25) is 0 Å². The zero-order valence-corrected chi connectivity index (χ0v) is 7.81. The molecule has 0 rings (SSSR count). The summed E-state index contributed by atoms with van der Waals surface area (Å²) in [5.41, 5.74) is 5.08. The summed E-state index contributed by atoms with van der Waals surface area (Å²) in [5, 5.41) is 9.01. The Hall–Kier alpha value is -0.170. The van der Waals surface area contributed by atoms with E-state index in [0.717, 1.165) is 25.8 Å². The predicted octanol–water partition coefficient (Wildman–Crippen LogP) is 1.05. The second-order valence-corrected chi connectivity index (χ2v) is 2.99. The van der Waals surface area contributed by atoms with Crippen LogP contribution in [0.3, 0.4) is 0 Å². The van der Waals surface area contributed by atoms with Gasteiger partial charge < -0.3 is 10.8 Å². The summed E-state index contributed by atoms with van der Waals surface area (Å²) in [6, 6.07) is 0. The summed E-state index contributed by atoms with van der Waals surface area (Å²) in [4.78, 5) is 0. The molecule has 0 radical (unpaired) electrons. The van der Waals surface area contributed by atoms with Gasteiger partial charge in [0.2, 0.25) is 0 Å². The summed E-state index contributed by atoms with van der Waals surface area (Å²) >= 11 is 1.49. The molecule has 0 aliphatic rings. The van der Waals surface area contributed by atoms with E-state index in [1.807, 2.05) is 6.26 Å². The minimum atomic E-state index is -0.184. The van der Waals surface area contributed by atoms with Gasteiger partial charge in [-0.15, -0.1) is 24.6 Å². The van der Waals surface area contributed by atoms with Crippen LogP contribution >= 0.6 is 11.8 Å². The van der Waals surface area contributed by atoms with Crippen molar-refractivity contribution in [1.82, 2.24) is 0 Å². The highest BCUT2D eigenvalue weighted by Gasteiger charge is 1.98. The van der Waals surface area contributed by atoms with Gasteiger partial charge in [0.25, 0.3) is 0 Å². The van der Waals surface area contributed by atoms with Gasteiger partial charge in [0, 0.05) is 0 Å². The van der Waals surface area contributed by atoms with Crippen molar-refractivity contribution in [3.8, 4) is 12.8 Å². The number of terminal acetylenes is 1. The molecular weight excluding hydrogens is 158 g/mol. The summed E-state index contributed by atoms with van der Waals surface area (Å²) in [6.45, 7) is 0.737. The summed E-state index contributed by atoms with van der Waals surface area (Å²) < 4.78 is 0. The largest absolute Gasteiger partial charge is 0.382 e. The molecular formula is C8H17NOS. The number of thioether (sulfide) groups is 1. The van der Waals surface area contributed by atoms with E-state index in [0.29, 0.717) is 0 Å². The van der Waals surface area contributed by atoms with Gasteiger partial charge in [0.1, 0.15) is 0 Å². The maximum Gasteiger partial charge on any atom is 0.0990 e. The third-order valence-electron chi connectivity index (χ3n) is 1.18. The molecule has 0 bridgehead atoms. The molecule has 0 aromatic rings.